The molecule has 0 heterocycles. The van der Waals surface area contributed by atoms with Crippen LogP contribution in [-0.4, -0.2) is 18.7 Å². The first-order valence-corrected chi connectivity index (χ1v) is 14.1. The maximum absolute atomic E-state index is 12.8. The minimum absolute atomic E-state index is 0.222. The van der Waals surface area contributed by atoms with E-state index in [1.54, 1.807) is 12.1 Å². The SMILES string of the molecule is CCCCCCCOC1CCC(c2ccc(C(=O)Oc3ccc(S(F)(F)(F)(F)F)cc3)cc2)CC1. The molecule has 1 saturated carbocycles. The quantitative estimate of drug-likeness (QED) is 0.128. The molecule has 0 atom stereocenters. The molecule has 0 amide bonds. The summed E-state index contributed by atoms with van der Waals surface area (Å²) >= 11 is 0. The van der Waals surface area contributed by atoms with Crippen molar-refractivity contribution < 1.29 is 33.7 Å². The van der Waals surface area contributed by atoms with Gasteiger partial charge in [-0.1, -0.05) is 64.2 Å². The lowest BCUT2D eigenvalue weighted by atomic mass is 9.82. The fraction of sp³-hybridized carbons (Fsp3) is 0.500. The van der Waals surface area contributed by atoms with Crippen LogP contribution < -0.4 is 4.74 Å². The van der Waals surface area contributed by atoms with Crippen LogP contribution in [0.5, 0.6) is 5.75 Å². The Hall–Kier alpha value is -2.13. The topological polar surface area (TPSA) is 35.5 Å². The minimum atomic E-state index is -9.76. The molecular weight excluding hydrogens is 487 g/mol. The third kappa shape index (κ3) is 8.49. The molecule has 1 aliphatic carbocycles. The van der Waals surface area contributed by atoms with Gasteiger partial charge in [0.25, 0.3) is 0 Å². The predicted molar refractivity (Wildman–Crippen MR) is 129 cm³/mol. The molecule has 35 heavy (non-hydrogen) atoms. The second kappa shape index (κ2) is 10.5. The molecule has 0 aliphatic heterocycles. The van der Waals surface area contributed by atoms with Gasteiger partial charge in [0, 0.05) is 6.61 Å². The van der Waals surface area contributed by atoms with E-state index in [0.29, 0.717) is 24.2 Å². The summed E-state index contributed by atoms with van der Waals surface area (Å²) < 4.78 is 75.1. The fourth-order valence-electron chi connectivity index (χ4n) is 4.34. The molecule has 0 spiro atoms. The summed E-state index contributed by atoms with van der Waals surface area (Å²) in [6.45, 7) is 3.02. The number of unbranched alkanes of at least 4 members (excludes halogenated alkanes) is 4. The molecule has 196 valence electrons. The predicted octanol–water partition coefficient (Wildman–Crippen LogP) is 9.58. The Labute approximate surface area is 203 Å². The van der Waals surface area contributed by atoms with Gasteiger partial charge in [-0.05, 0) is 80.0 Å². The number of halogens is 5. The lowest BCUT2D eigenvalue weighted by Crippen LogP contribution is -2.21. The van der Waals surface area contributed by atoms with E-state index in [-0.39, 0.29) is 23.4 Å². The Morgan fingerprint density at radius 1 is 0.829 bits per heavy atom. The van der Waals surface area contributed by atoms with Gasteiger partial charge in [-0.3, -0.25) is 0 Å². The number of hydrogen-bond acceptors (Lipinski definition) is 3. The van der Waals surface area contributed by atoms with Crippen molar-refractivity contribution in [2.24, 2.45) is 0 Å². The van der Waals surface area contributed by atoms with Gasteiger partial charge in [-0.25, -0.2) is 4.79 Å². The molecule has 1 fully saturated rings. The van der Waals surface area contributed by atoms with Crippen LogP contribution in [0, 0.1) is 0 Å². The second-order valence-corrected chi connectivity index (χ2v) is 11.6. The van der Waals surface area contributed by atoms with Crippen molar-refractivity contribution in [1.29, 1.82) is 0 Å². The van der Waals surface area contributed by atoms with Crippen molar-refractivity contribution in [3.63, 3.8) is 0 Å². The average molecular weight is 521 g/mol. The fourth-order valence-corrected chi connectivity index (χ4v) is 4.99. The van der Waals surface area contributed by atoms with Gasteiger partial charge in [0.05, 0.1) is 11.7 Å². The standard InChI is InChI=1S/C26H33F5O3S/c1-2-3-4-5-6-19-33-23-13-11-21(12-14-23)20-7-9-22(10-8-20)26(32)34-24-15-17-25(18-16-24)35(27,28,29,30)31/h7-10,15-18,21,23H,2-6,11-14,19H2,1H3. The summed E-state index contributed by atoms with van der Waals surface area (Å²) in [6.07, 6.45) is 10.4. The van der Waals surface area contributed by atoms with Crippen molar-refractivity contribution in [2.45, 2.75) is 81.6 Å². The lowest BCUT2D eigenvalue weighted by Gasteiger charge is -2.40. The first-order valence-electron chi connectivity index (χ1n) is 12.1. The number of carbonyl (C=O) groups excluding carboxylic acids is 1. The summed E-state index contributed by atoms with van der Waals surface area (Å²) in [7, 11) is -9.76. The Kier molecular flexibility index (Phi) is 8.21. The highest BCUT2D eigenvalue weighted by molar-refractivity contribution is 8.45. The van der Waals surface area contributed by atoms with E-state index in [4.69, 9.17) is 9.47 Å². The number of ether oxygens (including phenoxy) is 2. The summed E-state index contributed by atoms with van der Waals surface area (Å²) in [4.78, 5) is 10.3. The van der Waals surface area contributed by atoms with Gasteiger partial charge in [0.1, 0.15) is 10.6 Å². The van der Waals surface area contributed by atoms with E-state index in [1.165, 1.54) is 25.7 Å². The largest absolute Gasteiger partial charge is 0.423 e. The first kappa shape index (κ1) is 27.5. The maximum atomic E-state index is 12.8. The van der Waals surface area contributed by atoms with Gasteiger partial charge >= 0.3 is 16.2 Å². The van der Waals surface area contributed by atoms with Crippen molar-refractivity contribution in [1.82, 2.24) is 0 Å². The number of esters is 1. The van der Waals surface area contributed by atoms with E-state index in [2.05, 4.69) is 6.92 Å². The van der Waals surface area contributed by atoms with Gasteiger partial charge in [0.15, 0.2) is 0 Å². The Balaban J connectivity index is 1.47. The zero-order valence-corrected chi connectivity index (χ0v) is 20.7. The molecule has 0 bridgehead atoms. The van der Waals surface area contributed by atoms with Crippen molar-refractivity contribution in [3.05, 3.63) is 59.7 Å². The molecule has 3 nitrogen and oxygen atoms in total. The lowest BCUT2D eigenvalue weighted by molar-refractivity contribution is 0.0226. The van der Waals surface area contributed by atoms with Gasteiger partial charge in [-0.15, -0.1) is 0 Å². The summed E-state index contributed by atoms with van der Waals surface area (Å²) in [5.74, 6) is -0.634. The summed E-state index contributed by atoms with van der Waals surface area (Å²) in [6, 6.07) is 8.80. The number of carbonyl (C=O) groups is 1. The van der Waals surface area contributed by atoms with Crippen LogP contribution in [-0.2, 0) is 4.74 Å². The second-order valence-electron chi connectivity index (χ2n) is 9.21. The average Bonchev–Trinajstić information content (AvgIpc) is 2.81. The Morgan fingerprint density at radius 3 is 2.00 bits per heavy atom. The molecule has 1 aliphatic rings. The Bertz CT molecular complexity index is 968. The molecule has 2 aromatic carbocycles. The number of rotatable bonds is 11. The van der Waals surface area contributed by atoms with Crippen LogP contribution in [0.1, 0.15) is 86.6 Å². The van der Waals surface area contributed by atoms with Crippen LogP contribution in [0.3, 0.4) is 0 Å². The third-order valence-corrected chi connectivity index (χ3v) is 7.54. The first-order chi connectivity index (χ1) is 16.4. The van der Waals surface area contributed by atoms with E-state index in [0.717, 1.165) is 44.3 Å². The minimum Gasteiger partial charge on any atom is -0.423 e. The van der Waals surface area contributed by atoms with Crippen LogP contribution in [0.25, 0.3) is 0 Å². The third-order valence-electron chi connectivity index (χ3n) is 6.37. The zero-order valence-electron chi connectivity index (χ0n) is 19.9. The molecule has 9 heteroatoms. The number of hydrogen-bond donors (Lipinski definition) is 0. The van der Waals surface area contributed by atoms with Crippen molar-refractivity contribution in [3.8, 4) is 5.75 Å². The summed E-state index contributed by atoms with van der Waals surface area (Å²) in [5, 5.41) is 0. The van der Waals surface area contributed by atoms with Crippen molar-refractivity contribution in [2.75, 3.05) is 6.61 Å². The molecule has 2 aromatic rings. The monoisotopic (exact) mass is 520 g/mol. The van der Waals surface area contributed by atoms with E-state index in [9.17, 15) is 24.2 Å². The maximum Gasteiger partial charge on any atom is 0.343 e. The number of benzene rings is 2. The van der Waals surface area contributed by atoms with Crippen molar-refractivity contribution >= 4 is 16.2 Å². The van der Waals surface area contributed by atoms with Crippen LogP contribution in [0.4, 0.5) is 19.4 Å². The summed E-state index contributed by atoms with van der Waals surface area (Å²) in [5.41, 5.74) is 1.34. The molecule has 0 aromatic heterocycles. The van der Waals surface area contributed by atoms with E-state index < -0.39 is 21.1 Å². The van der Waals surface area contributed by atoms with E-state index >= 15 is 0 Å². The molecule has 0 N–H and O–H groups in total. The van der Waals surface area contributed by atoms with Crippen LogP contribution >= 0.6 is 10.2 Å². The van der Waals surface area contributed by atoms with Crippen LogP contribution in [0.15, 0.2) is 53.4 Å². The molecule has 0 unspecified atom stereocenters. The van der Waals surface area contributed by atoms with E-state index in [1.807, 2.05) is 12.1 Å². The molecule has 0 saturated heterocycles. The zero-order chi connectivity index (χ0) is 25.6. The highest BCUT2D eigenvalue weighted by Gasteiger charge is 2.65. The molecule has 3 rings (SSSR count). The molecular formula is C26H33F5O3S. The highest BCUT2D eigenvalue weighted by Crippen LogP contribution is 3.02. The normalized spacial score (nSPS) is 20.6. The Morgan fingerprint density at radius 2 is 1.43 bits per heavy atom. The van der Waals surface area contributed by atoms with Gasteiger partial charge < -0.3 is 9.47 Å². The smallest absolute Gasteiger partial charge is 0.343 e. The van der Waals surface area contributed by atoms with Gasteiger partial charge in [-0.2, -0.15) is 0 Å². The van der Waals surface area contributed by atoms with Crippen LogP contribution in [0.2, 0.25) is 0 Å². The molecule has 0 radical (unpaired) electrons. The highest BCUT2D eigenvalue weighted by atomic mass is 32.5. The van der Waals surface area contributed by atoms with Gasteiger partial charge in [0.2, 0.25) is 0 Å².